The second-order valence-electron chi connectivity index (χ2n) is 4.43. The number of benzene rings is 1. The lowest BCUT2D eigenvalue weighted by molar-refractivity contribution is 0.0695. The molecule has 0 aliphatic rings. The first-order valence-corrected chi connectivity index (χ1v) is 5.27. The van der Waals surface area contributed by atoms with Gasteiger partial charge in [0.2, 0.25) is 0 Å². The first-order chi connectivity index (χ1) is 6.93. The summed E-state index contributed by atoms with van der Waals surface area (Å²) < 4.78 is 0. The molecule has 15 heavy (non-hydrogen) atoms. The molecule has 0 aliphatic carbocycles. The van der Waals surface area contributed by atoms with Crippen LogP contribution in [0.1, 0.15) is 48.2 Å². The number of rotatable bonds is 3. The van der Waals surface area contributed by atoms with E-state index in [2.05, 4.69) is 20.8 Å². The SMILES string of the molecule is Cc1ccc([C@H](C)C(C)C)c(C(=O)O)c1. The summed E-state index contributed by atoms with van der Waals surface area (Å²) >= 11 is 0. The van der Waals surface area contributed by atoms with E-state index in [4.69, 9.17) is 5.11 Å². The zero-order valence-electron chi connectivity index (χ0n) is 9.74. The highest BCUT2D eigenvalue weighted by Crippen LogP contribution is 2.27. The van der Waals surface area contributed by atoms with Gasteiger partial charge in [-0.1, -0.05) is 38.5 Å². The zero-order chi connectivity index (χ0) is 11.6. The molecule has 0 heterocycles. The molecule has 2 heteroatoms. The van der Waals surface area contributed by atoms with Gasteiger partial charge in [0.1, 0.15) is 0 Å². The van der Waals surface area contributed by atoms with E-state index in [1.807, 2.05) is 19.1 Å². The van der Waals surface area contributed by atoms with E-state index in [0.717, 1.165) is 11.1 Å². The molecule has 0 amide bonds. The molecule has 82 valence electrons. The Morgan fingerprint density at radius 1 is 1.27 bits per heavy atom. The summed E-state index contributed by atoms with van der Waals surface area (Å²) in [6.07, 6.45) is 0. The van der Waals surface area contributed by atoms with Crippen LogP contribution in [0.15, 0.2) is 18.2 Å². The largest absolute Gasteiger partial charge is 0.478 e. The quantitative estimate of drug-likeness (QED) is 0.822. The van der Waals surface area contributed by atoms with Gasteiger partial charge in [0.05, 0.1) is 5.56 Å². The van der Waals surface area contributed by atoms with Gasteiger partial charge in [0, 0.05) is 0 Å². The molecule has 0 aliphatic heterocycles. The molecule has 1 aromatic rings. The van der Waals surface area contributed by atoms with Crippen molar-refractivity contribution in [3.63, 3.8) is 0 Å². The molecule has 0 fully saturated rings. The van der Waals surface area contributed by atoms with Crippen LogP contribution in [0.25, 0.3) is 0 Å². The fourth-order valence-electron chi connectivity index (χ4n) is 1.61. The Bertz CT molecular complexity index is 367. The van der Waals surface area contributed by atoms with Gasteiger partial charge in [-0.15, -0.1) is 0 Å². The summed E-state index contributed by atoms with van der Waals surface area (Å²) in [6, 6.07) is 5.65. The molecule has 1 rings (SSSR count). The highest BCUT2D eigenvalue weighted by Gasteiger charge is 2.17. The molecule has 0 radical (unpaired) electrons. The third kappa shape index (κ3) is 2.58. The maximum atomic E-state index is 11.1. The Balaban J connectivity index is 3.22. The molecule has 0 saturated heterocycles. The van der Waals surface area contributed by atoms with Crippen LogP contribution < -0.4 is 0 Å². The minimum absolute atomic E-state index is 0.275. The summed E-state index contributed by atoms with van der Waals surface area (Å²) in [5.74, 6) is -0.108. The molecule has 2 nitrogen and oxygen atoms in total. The Labute approximate surface area is 90.9 Å². The Kier molecular flexibility index (Phi) is 3.51. The van der Waals surface area contributed by atoms with Crippen LogP contribution >= 0.6 is 0 Å². The van der Waals surface area contributed by atoms with E-state index in [1.165, 1.54) is 0 Å². The first-order valence-electron chi connectivity index (χ1n) is 5.27. The van der Waals surface area contributed by atoms with Crippen LogP contribution in [0.3, 0.4) is 0 Å². The van der Waals surface area contributed by atoms with Crippen LogP contribution in [0.2, 0.25) is 0 Å². The maximum absolute atomic E-state index is 11.1. The van der Waals surface area contributed by atoms with Gasteiger partial charge >= 0.3 is 5.97 Å². The van der Waals surface area contributed by atoms with Gasteiger partial charge in [-0.2, -0.15) is 0 Å². The first kappa shape index (κ1) is 11.8. The number of hydrogen-bond donors (Lipinski definition) is 1. The van der Waals surface area contributed by atoms with Crippen molar-refractivity contribution in [2.45, 2.75) is 33.6 Å². The smallest absolute Gasteiger partial charge is 0.335 e. The summed E-state index contributed by atoms with van der Waals surface area (Å²) in [6.45, 7) is 8.20. The van der Waals surface area contributed by atoms with Crippen LogP contribution in [0.4, 0.5) is 0 Å². The predicted octanol–water partition coefficient (Wildman–Crippen LogP) is 3.45. The van der Waals surface area contributed by atoms with E-state index in [0.29, 0.717) is 11.5 Å². The summed E-state index contributed by atoms with van der Waals surface area (Å²) in [5, 5.41) is 9.12. The van der Waals surface area contributed by atoms with E-state index in [-0.39, 0.29) is 5.92 Å². The van der Waals surface area contributed by atoms with Gasteiger partial charge in [-0.05, 0) is 30.4 Å². The van der Waals surface area contributed by atoms with Crippen molar-refractivity contribution >= 4 is 5.97 Å². The lowest BCUT2D eigenvalue weighted by Crippen LogP contribution is -2.09. The third-order valence-electron chi connectivity index (χ3n) is 2.93. The molecule has 0 bridgehead atoms. The molecule has 0 saturated carbocycles. The highest BCUT2D eigenvalue weighted by molar-refractivity contribution is 5.89. The normalized spacial score (nSPS) is 12.9. The monoisotopic (exact) mass is 206 g/mol. The Morgan fingerprint density at radius 3 is 2.33 bits per heavy atom. The number of carbonyl (C=O) groups is 1. The standard InChI is InChI=1S/C13H18O2/c1-8(2)10(4)11-6-5-9(3)7-12(11)13(14)15/h5-8,10H,1-4H3,(H,14,15)/t10-/m1/s1. The molecular formula is C13H18O2. The van der Waals surface area contributed by atoms with Crippen molar-refractivity contribution < 1.29 is 9.90 Å². The predicted molar refractivity (Wildman–Crippen MR) is 61.4 cm³/mol. The topological polar surface area (TPSA) is 37.3 Å². The van der Waals surface area contributed by atoms with E-state index >= 15 is 0 Å². The minimum Gasteiger partial charge on any atom is -0.478 e. The summed E-state index contributed by atoms with van der Waals surface area (Å²) in [7, 11) is 0. The van der Waals surface area contributed by atoms with Crippen LogP contribution in [-0.2, 0) is 0 Å². The Hall–Kier alpha value is -1.31. The van der Waals surface area contributed by atoms with Crippen molar-refractivity contribution in [2.75, 3.05) is 0 Å². The second kappa shape index (κ2) is 4.47. The van der Waals surface area contributed by atoms with Gasteiger partial charge in [-0.25, -0.2) is 4.79 Å². The molecule has 1 N–H and O–H groups in total. The van der Waals surface area contributed by atoms with Crippen molar-refractivity contribution in [3.8, 4) is 0 Å². The van der Waals surface area contributed by atoms with Crippen LogP contribution in [-0.4, -0.2) is 11.1 Å². The minimum atomic E-state index is -0.832. The number of carboxylic acids is 1. The van der Waals surface area contributed by atoms with Gasteiger partial charge in [0.15, 0.2) is 0 Å². The fourth-order valence-corrected chi connectivity index (χ4v) is 1.61. The van der Waals surface area contributed by atoms with Crippen LogP contribution in [0, 0.1) is 12.8 Å². The van der Waals surface area contributed by atoms with Crippen molar-refractivity contribution in [3.05, 3.63) is 34.9 Å². The van der Waals surface area contributed by atoms with Crippen LogP contribution in [0.5, 0.6) is 0 Å². The molecule has 0 unspecified atom stereocenters. The zero-order valence-corrected chi connectivity index (χ0v) is 9.74. The lowest BCUT2D eigenvalue weighted by atomic mass is 9.86. The van der Waals surface area contributed by atoms with E-state index in [1.54, 1.807) is 6.07 Å². The van der Waals surface area contributed by atoms with Gasteiger partial charge in [-0.3, -0.25) is 0 Å². The fraction of sp³-hybridized carbons (Fsp3) is 0.462. The number of carboxylic acid groups (broad SMARTS) is 1. The maximum Gasteiger partial charge on any atom is 0.335 e. The molecule has 0 aromatic heterocycles. The number of hydrogen-bond acceptors (Lipinski definition) is 1. The van der Waals surface area contributed by atoms with Gasteiger partial charge < -0.3 is 5.11 Å². The molecule has 1 aromatic carbocycles. The average Bonchev–Trinajstić information content (AvgIpc) is 2.16. The molecule has 1 atom stereocenters. The molecular weight excluding hydrogens is 188 g/mol. The highest BCUT2D eigenvalue weighted by atomic mass is 16.4. The Morgan fingerprint density at radius 2 is 1.87 bits per heavy atom. The number of aromatic carboxylic acids is 1. The van der Waals surface area contributed by atoms with Crippen molar-refractivity contribution in [2.24, 2.45) is 5.92 Å². The summed E-state index contributed by atoms with van der Waals surface area (Å²) in [5.41, 5.74) is 2.37. The van der Waals surface area contributed by atoms with E-state index < -0.39 is 5.97 Å². The second-order valence-corrected chi connectivity index (χ2v) is 4.43. The van der Waals surface area contributed by atoms with Crippen molar-refractivity contribution in [1.82, 2.24) is 0 Å². The van der Waals surface area contributed by atoms with Crippen molar-refractivity contribution in [1.29, 1.82) is 0 Å². The average molecular weight is 206 g/mol. The summed E-state index contributed by atoms with van der Waals surface area (Å²) in [4.78, 5) is 11.1. The third-order valence-corrected chi connectivity index (χ3v) is 2.93. The molecule has 0 spiro atoms. The number of aryl methyl sites for hydroxylation is 1. The lowest BCUT2D eigenvalue weighted by Gasteiger charge is -2.18. The van der Waals surface area contributed by atoms with Gasteiger partial charge in [0.25, 0.3) is 0 Å². The van der Waals surface area contributed by atoms with E-state index in [9.17, 15) is 4.79 Å².